The first-order valence-corrected chi connectivity index (χ1v) is 11.7. The average Bonchev–Trinajstić information content (AvgIpc) is 3.45. The molecular weight excluding hydrogens is 472 g/mol. The molecule has 5 aromatic rings. The Morgan fingerprint density at radius 3 is 2.62 bits per heavy atom. The van der Waals surface area contributed by atoms with Gasteiger partial charge in [-0.05, 0) is 60.3 Å². The maximum atomic E-state index is 12.8. The van der Waals surface area contributed by atoms with E-state index in [2.05, 4.69) is 20.5 Å². The lowest BCUT2D eigenvalue weighted by atomic mass is 10.1. The third-order valence-corrected chi connectivity index (χ3v) is 7.18. The number of rotatable bonds is 6. The number of nitro benzene ring substituents is 1. The van der Waals surface area contributed by atoms with Crippen molar-refractivity contribution in [3.63, 3.8) is 0 Å². The van der Waals surface area contributed by atoms with Crippen molar-refractivity contribution in [3.05, 3.63) is 88.7 Å². The Kier molecular flexibility index (Phi) is 5.78. The van der Waals surface area contributed by atoms with E-state index in [1.54, 1.807) is 47.2 Å². The van der Waals surface area contributed by atoms with Gasteiger partial charge in [-0.3, -0.25) is 14.9 Å². The second kappa shape index (κ2) is 9.04. The van der Waals surface area contributed by atoms with E-state index < -0.39 is 10.8 Å². The highest BCUT2D eigenvalue weighted by atomic mass is 32.2. The van der Waals surface area contributed by atoms with Gasteiger partial charge in [0.25, 0.3) is 11.6 Å². The van der Waals surface area contributed by atoms with Crippen LogP contribution >= 0.6 is 23.1 Å². The molecule has 5 rings (SSSR count). The van der Waals surface area contributed by atoms with E-state index in [1.807, 2.05) is 36.4 Å². The second-order valence-electron chi connectivity index (χ2n) is 7.28. The predicted octanol–water partition coefficient (Wildman–Crippen LogP) is 5.40. The zero-order valence-electron chi connectivity index (χ0n) is 17.7. The summed E-state index contributed by atoms with van der Waals surface area (Å²) >= 11 is 2.71. The SMILES string of the molecule is Cn1cnnc1Sc1ccc(C(=O)Nc2ccc(-c3nc4ccccc4s3)cc2)cc1[N+](=O)[O-]. The zero-order chi connectivity index (χ0) is 23.7. The van der Waals surface area contributed by atoms with Crippen LogP contribution < -0.4 is 5.32 Å². The van der Waals surface area contributed by atoms with Gasteiger partial charge in [0.2, 0.25) is 0 Å². The molecule has 168 valence electrons. The third kappa shape index (κ3) is 4.38. The molecule has 0 aliphatic carbocycles. The molecule has 11 heteroatoms. The summed E-state index contributed by atoms with van der Waals surface area (Å²) in [5, 5.41) is 23.5. The smallest absolute Gasteiger partial charge is 0.284 e. The molecule has 0 spiro atoms. The van der Waals surface area contributed by atoms with Crippen LogP contribution in [0.4, 0.5) is 11.4 Å². The minimum absolute atomic E-state index is 0.174. The van der Waals surface area contributed by atoms with Crippen molar-refractivity contribution in [1.82, 2.24) is 19.7 Å². The Labute approximate surface area is 201 Å². The van der Waals surface area contributed by atoms with Crippen LogP contribution in [0.2, 0.25) is 0 Å². The predicted molar refractivity (Wildman–Crippen MR) is 131 cm³/mol. The fourth-order valence-electron chi connectivity index (χ4n) is 3.25. The second-order valence-corrected chi connectivity index (χ2v) is 9.32. The molecule has 0 fully saturated rings. The van der Waals surface area contributed by atoms with Crippen LogP contribution in [0, 0.1) is 10.1 Å². The first-order valence-electron chi connectivity index (χ1n) is 10.1. The number of carbonyl (C=O) groups excluding carboxylic acids is 1. The number of amides is 1. The summed E-state index contributed by atoms with van der Waals surface area (Å²) in [6.45, 7) is 0. The number of para-hydroxylation sites is 1. The molecular formula is C23H16N6O3S2. The Morgan fingerprint density at radius 2 is 1.91 bits per heavy atom. The molecule has 3 aromatic carbocycles. The third-order valence-electron chi connectivity index (χ3n) is 4.97. The molecule has 34 heavy (non-hydrogen) atoms. The molecule has 0 aliphatic heterocycles. The van der Waals surface area contributed by atoms with E-state index in [0.717, 1.165) is 32.5 Å². The summed E-state index contributed by atoms with van der Waals surface area (Å²) in [6.07, 6.45) is 1.51. The van der Waals surface area contributed by atoms with Gasteiger partial charge in [-0.25, -0.2) is 4.98 Å². The summed E-state index contributed by atoms with van der Waals surface area (Å²) in [4.78, 5) is 28.9. The van der Waals surface area contributed by atoms with Gasteiger partial charge in [0.05, 0.1) is 20.0 Å². The van der Waals surface area contributed by atoms with Crippen molar-refractivity contribution in [2.24, 2.45) is 7.05 Å². The number of nitrogens with zero attached hydrogens (tertiary/aromatic N) is 5. The molecule has 1 amide bonds. The van der Waals surface area contributed by atoms with Gasteiger partial charge >= 0.3 is 0 Å². The van der Waals surface area contributed by atoms with Gasteiger partial charge in [-0.1, -0.05) is 12.1 Å². The first kappa shape index (κ1) is 21.7. The number of hydrogen-bond donors (Lipinski definition) is 1. The number of anilines is 1. The highest BCUT2D eigenvalue weighted by Gasteiger charge is 2.20. The molecule has 0 saturated carbocycles. The number of aromatic nitrogens is 4. The molecule has 0 unspecified atom stereocenters. The zero-order valence-corrected chi connectivity index (χ0v) is 19.3. The summed E-state index contributed by atoms with van der Waals surface area (Å²) in [5.41, 5.74) is 2.48. The minimum atomic E-state index is -0.512. The van der Waals surface area contributed by atoms with Crippen molar-refractivity contribution in [1.29, 1.82) is 0 Å². The normalized spacial score (nSPS) is 11.0. The molecule has 0 saturated heterocycles. The highest BCUT2D eigenvalue weighted by molar-refractivity contribution is 7.99. The van der Waals surface area contributed by atoms with Crippen LogP contribution in [0.3, 0.4) is 0 Å². The van der Waals surface area contributed by atoms with Crippen molar-refractivity contribution in [2.45, 2.75) is 10.1 Å². The van der Waals surface area contributed by atoms with Crippen LogP contribution in [0.15, 0.2) is 83.1 Å². The Balaban J connectivity index is 1.34. The number of benzene rings is 3. The number of hydrogen-bond acceptors (Lipinski definition) is 8. The van der Waals surface area contributed by atoms with E-state index in [-0.39, 0.29) is 11.3 Å². The Hall–Kier alpha value is -4.09. The molecule has 0 radical (unpaired) electrons. The van der Waals surface area contributed by atoms with Gasteiger partial charge in [0, 0.05) is 29.9 Å². The van der Waals surface area contributed by atoms with Gasteiger partial charge < -0.3 is 9.88 Å². The van der Waals surface area contributed by atoms with Crippen molar-refractivity contribution < 1.29 is 9.72 Å². The number of thiazole rings is 1. The Morgan fingerprint density at radius 1 is 1.12 bits per heavy atom. The maximum absolute atomic E-state index is 12.8. The van der Waals surface area contributed by atoms with Gasteiger partial charge in [-0.15, -0.1) is 21.5 Å². The summed E-state index contributed by atoms with van der Waals surface area (Å²) < 4.78 is 2.77. The maximum Gasteiger partial charge on any atom is 0.284 e. The topological polar surface area (TPSA) is 116 Å². The standard InChI is InChI=1S/C23H16N6O3S2/c1-28-13-24-27-23(28)34-20-11-8-15(12-18(20)29(31)32)21(30)25-16-9-6-14(7-10-16)22-26-17-4-2-3-5-19(17)33-22/h2-13H,1H3,(H,25,30). The number of fused-ring (bicyclic) bond motifs is 1. The molecule has 9 nitrogen and oxygen atoms in total. The monoisotopic (exact) mass is 488 g/mol. The van der Waals surface area contributed by atoms with Crippen molar-refractivity contribution in [3.8, 4) is 10.6 Å². The number of aryl methyl sites for hydroxylation is 1. The molecule has 2 heterocycles. The van der Waals surface area contributed by atoms with Gasteiger partial charge in [0.15, 0.2) is 5.16 Å². The number of carbonyl (C=O) groups is 1. The van der Waals surface area contributed by atoms with Crippen LogP contribution in [0.25, 0.3) is 20.8 Å². The lowest BCUT2D eigenvalue weighted by Gasteiger charge is -2.08. The molecule has 0 aliphatic rings. The lowest BCUT2D eigenvalue weighted by Crippen LogP contribution is -2.12. The highest BCUT2D eigenvalue weighted by Crippen LogP contribution is 2.34. The summed E-state index contributed by atoms with van der Waals surface area (Å²) in [7, 11) is 1.75. The molecule has 1 N–H and O–H groups in total. The fourth-order valence-corrected chi connectivity index (χ4v) is 5.07. The van der Waals surface area contributed by atoms with Gasteiger partial charge in [0.1, 0.15) is 11.3 Å². The largest absolute Gasteiger partial charge is 0.322 e. The van der Waals surface area contributed by atoms with Crippen LogP contribution in [-0.2, 0) is 7.05 Å². The average molecular weight is 489 g/mol. The number of nitrogens with one attached hydrogen (secondary N) is 1. The molecule has 0 atom stereocenters. The van der Waals surface area contributed by atoms with Crippen LogP contribution in [0.5, 0.6) is 0 Å². The lowest BCUT2D eigenvalue weighted by molar-refractivity contribution is -0.387. The van der Waals surface area contributed by atoms with Crippen LogP contribution in [0.1, 0.15) is 10.4 Å². The van der Waals surface area contributed by atoms with E-state index in [1.165, 1.54) is 12.4 Å². The van der Waals surface area contributed by atoms with E-state index in [4.69, 9.17) is 0 Å². The summed E-state index contributed by atoms with van der Waals surface area (Å²) in [5.74, 6) is -0.439. The Bertz CT molecular complexity index is 1490. The van der Waals surface area contributed by atoms with Crippen molar-refractivity contribution in [2.75, 3.05) is 5.32 Å². The molecule has 2 aromatic heterocycles. The van der Waals surface area contributed by atoms with Crippen molar-refractivity contribution >= 4 is 50.6 Å². The van der Waals surface area contributed by atoms with E-state index in [9.17, 15) is 14.9 Å². The van der Waals surface area contributed by atoms with Gasteiger partial charge in [-0.2, -0.15) is 0 Å². The van der Waals surface area contributed by atoms with E-state index >= 15 is 0 Å². The quantitative estimate of drug-likeness (QED) is 0.251. The van der Waals surface area contributed by atoms with E-state index in [0.29, 0.717) is 15.7 Å². The molecule has 0 bridgehead atoms. The fraction of sp³-hybridized carbons (Fsp3) is 0.0435. The first-order chi connectivity index (χ1) is 16.5. The van der Waals surface area contributed by atoms with Crippen LogP contribution in [-0.4, -0.2) is 30.6 Å². The minimum Gasteiger partial charge on any atom is -0.322 e. The number of nitro groups is 1. The summed E-state index contributed by atoms with van der Waals surface area (Å²) in [6, 6.07) is 19.6.